The first kappa shape index (κ1) is 17.3. The molecule has 0 aliphatic heterocycles. The van der Waals surface area contributed by atoms with Crippen molar-refractivity contribution in [3.63, 3.8) is 0 Å². The van der Waals surface area contributed by atoms with Crippen LogP contribution in [0.3, 0.4) is 0 Å². The highest BCUT2D eigenvalue weighted by atomic mass is 19.4. The molecule has 0 aromatic heterocycles. The van der Waals surface area contributed by atoms with E-state index in [4.69, 9.17) is 5.73 Å². The molecular formula is C14H25F3N2O. The molecule has 3 nitrogen and oxygen atoms in total. The van der Waals surface area contributed by atoms with Crippen molar-refractivity contribution >= 4 is 5.91 Å². The lowest BCUT2D eigenvalue weighted by Crippen LogP contribution is -2.47. The van der Waals surface area contributed by atoms with Crippen molar-refractivity contribution in [1.82, 2.24) is 5.32 Å². The fourth-order valence-corrected chi connectivity index (χ4v) is 2.84. The molecule has 20 heavy (non-hydrogen) atoms. The third kappa shape index (κ3) is 4.96. The van der Waals surface area contributed by atoms with Crippen LogP contribution in [0, 0.1) is 11.8 Å². The molecular weight excluding hydrogens is 269 g/mol. The predicted molar refractivity (Wildman–Crippen MR) is 72.0 cm³/mol. The molecule has 1 aliphatic rings. The van der Waals surface area contributed by atoms with Crippen molar-refractivity contribution in [1.29, 1.82) is 0 Å². The number of unbranched alkanes of at least 4 members (excludes halogenated alkanes) is 1. The first-order valence-corrected chi connectivity index (χ1v) is 7.47. The Morgan fingerprint density at radius 1 is 1.35 bits per heavy atom. The highest BCUT2D eigenvalue weighted by Crippen LogP contribution is 2.41. The summed E-state index contributed by atoms with van der Waals surface area (Å²) in [5, 5.41) is 2.71. The van der Waals surface area contributed by atoms with Crippen LogP contribution in [0.25, 0.3) is 0 Å². The quantitative estimate of drug-likeness (QED) is 0.791. The Bertz CT molecular complexity index is 307. The molecule has 0 aromatic rings. The van der Waals surface area contributed by atoms with E-state index in [-0.39, 0.29) is 19.0 Å². The van der Waals surface area contributed by atoms with Crippen LogP contribution >= 0.6 is 0 Å². The number of amides is 1. The van der Waals surface area contributed by atoms with Crippen LogP contribution in [0.2, 0.25) is 0 Å². The fourth-order valence-electron chi connectivity index (χ4n) is 2.84. The molecule has 1 aliphatic carbocycles. The molecule has 1 saturated carbocycles. The first-order valence-electron chi connectivity index (χ1n) is 7.47. The second-order valence-corrected chi connectivity index (χ2v) is 5.62. The maximum absolute atomic E-state index is 13.0. The molecule has 1 fully saturated rings. The van der Waals surface area contributed by atoms with Gasteiger partial charge in [-0.3, -0.25) is 4.79 Å². The largest absolute Gasteiger partial charge is 0.392 e. The number of alkyl halides is 3. The van der Waals surface area contributed by atoms with E-state index in [9.17, 15) is 18.0 Å². The second-order valence-electron chi connectivity index (χ2n) is 5.62. The van der Waals surface area contributed by atoms with E-state index in [1.807, 2.05) is 6.92 Å². The van der Waals surface area contributed by atoms with E-state index in [1.54, 1.807) is 0 Å². The summed E-state index contributed by atoms with van der Waals surface area (Å²) in [5.41, 5.74) is 5.57. The van der Waals surface area contributed by atoms with Crippen LogP contribution in [0.5, 0.6) is 0 Å². The molecule has 1 amide bonds. The summed E-state index contributed by atoms with van der Waals surface area (Å²) >= 11 is 0. The van der Waals surface area contributed by atoms with Gasteiger partial charge in [-0.15, -0.1) is 0 Å². The van der Waals surface area contributed by atoms with E-state index in [0.29, 0.717) is 19.3 Å². The van der Waals surface area contributed by atoms with Crippen molar-refractivity contribution in [2.75, 3.05) is 6.54 Å². The molecule has 0 radical (unpaired) electrons. The topological polar surface area (TPSA) is 55.1 Å². The minimum absolute atomic E-state index is 0.0594. The summed E-state index contributed by atoms with van der Waals surface area (Å²) < 4.78 is 38.9. The molecule has 0 aromatic carbocycles. The lowest BCUT2D eigenvalue weighted by atomic mass is 9.78. The van der Waals surface area contributed by atoms with Crippen LogP contribution < -0.4 is 11.1 Å². The van der Waals surface area contributed by atoms with Gasteiger partial charge in [0, 0.05) is 18.5 Å². The van der Waals surface area contributed by atoms with E-state index >= 15 is 0 Å². The van der Waals surface area contributed by atoms with Gasteiger partial charge in [0.1, 0.15) is 0 Å². The number of hydrogen-bond donors (Lipinski definition) is 2. The van der Waals surface area contributed by atoms with Gasteiger partial charge >= 0.3 is 6.18 Å². The van der Waals surface area contributed by atoms with Gasteiger partial charge in [0.25, 0.3) is 0 Å². The fraction of sp³-hybridized carbons (Fsp3) is 0.929. The summed E-state index contributed by atoms with van der Waals surface area (Å²) in [6.45, 7) is 2.30. The molecule has 118 valence electrons. The third-order valence-electron chi connectivity index (χ3n) is 4.06. The minimum Gasteiger partial charge on any atom is -0.352 e. The van der Waals surface area contributed by atoms with E-state index in [0.717, 1.165) is 19.3 Å². The molecule has 0 saturated heterocycles. The Hall–Kier alpha value is -0.780. The summed E-state index contributed by atoms with van der Waals surface area (Å²) in [6.07, 6.45) is -0.0648. The summed E-state index contributed by atoms with van der Waals surface area (Å²) in [7, 11) is 0. The van der Waals surface area contributed by atoms with Crippen LogP contribution in [0.15, 0.2) is 0 Å². The van der Waals surface area contributed by atoms with Crippen molar-refractivity contribution < 1.29 is 18.0 Å². The van der Waals surface area contributed by atoms with Crippen LogP contribution in [0.1, 0.15) is 51.9 Å². The minimum atomic E-state index is -4.29. The van der Waals surface area contributed by atoms with Gasteiger partial charge < -0.3 is 11.1 Å². The normalized spacial score (nSPS) is 25.2. The molecule has 0 heterocycles. The van der Waals surface area contributed by atoms with Crippen molar-refractivity contribution in [2.45, 2.75) is 64.1 Å². The second kappa shape index (κ2) is 7.86. The average molecular weight is 294 g/mol. The molecule has 3 N–H and O–H groups in total. The van der Waals surface area contributed by atoms with Crippen molar-refractivity contribution in [2.24, 2.45) is 17.6 Å². The lowest BCUT2D eigenvalue weighted by molar-refractivity contribution is -0.198. The lowest BCUT2D eigenvalue weighted by Gasteiger charge is -2.33. The Kier molecular flexibility index (Phi) is 6.79. The Labute approximate surface area is 118 Å². The highest BCUT2D eigenvalue weighted by molar-refractivity contribution is 5.79. The van der Waals surface area contributed by atoms with E-state index in [2.05, 4.69) is 5.32 Å². The number of rotatable bonds is 6. The zero-order chi connectivity index (χ0) is 15.2. The van der Waals surface area contributed by atoms with Gasteiger partial charge in [-0.2, -0.15) is 13.2 Å². The van der Waals surface area contributed by atoms with Crippen molar-refractivity contribution in [3.05, 3.63) is 0 Å². The number of halogens is 3. The summed E-state index contributed by atoms with van der Waals surface area (Å²) in [6, 6.07) is -0.210. The van der Waals surface area contributed by atoms with Crippen LogP contribution in [-0.2, 0) is 4.79 Å². The number of carbonyl (C=O) groups excluding carboxylic acids is 1. The summed E-state index contributed by atoms with van der Waals surface area (Å²) in [5.74, 6) is -2.92. The van der Waals surface area contributed by atoms with E-state index in [1.165, 1.54) is 0 Å². The number of nitrogens with two attached hydrogens (primary N) is 1. The molecule has 3 unspecified atom stereocenters. The molecule has 3 atom stereocenters. The van der Waals surface area contributed by atoms with Gasteiger partial charge in [0.2, 0.25) is 5.91 Å². The van der Waals surface area contributed by atoms with E-state index < -0.39 is 23.9 Å². The molecule has 1 rings (SSSR count). The van der Waals surface area contributed by atoms with Crippen LogP contribution in [0.4, 0.5) is 13.2 Å². The Balaban J connectivity index is 2.63. The van der Waals surface area contributed by atoms with Gasteiger partial charge in [0.15, 0.2) is 0 Å². The van der Waals surface area contributed by atoms with Crippen LogP contribution in [-0.4, -0.2) is 24.7 Å². The Morgan fingerprint density at radius 3 is 2.55 bits per heavy atom. The van der Waals surface area contributed by atoms with Gasteiger partial charge in [-0.25, -0.2) is 0 Å². The number of carbonyl (C=O) groups is 1. The number of hydrogen-bond acceptors (Lipinski definition) is 2. The van der Waals surface area contributed by atoms with Gasteiger partial charge in [-0.1, -0.05) is 32.6 Å². The highest BCUT2D eigenvalue weighted by Gasteiger charge is 2.48. The summed E-state index contributed by atoms with van der Waals surface area (Å²) in [4.78, 5) is 12.1. The molecule has 6 heteroatoms. The van der Waals surface area contributed by atoms with Gasteiger partial charge in [-0.05, 0) is 19.3 Å². The van der Waals surface area contributed by atoms with Crippen molar-refractivity contribution in [3.8, 4) is 0 Å². The van der Waals surface area contributed by atoms with Gasteiger partial charge in [0.05, 0.1) is 5.92 Å². The maximum atomic E-state index is 13.0. The predicted octanol–water partition coefficient (Wildman–Crippen LogP) is 2.99. The third-order valence-corrected chi connectivity index (χ3v) is 4.06. The zero-order valence-corrected chi connectivity index (χ0v) is 12.0. The standard InChI is InChI=1S/C14H25F3N2O/c1-2-3-6-10(9-18)19-13(20)11-7-4-5-8-12(11)14(15,16)17/h10-12H,2-9,18H2,1H3,(H,19,20). The SMILES string of the molecule is CCCCC(CN)NC(=O)C1CCCCC1C(F)(F)F. The average Bonchev–Trinajstić information content (AvgIpc) is 2.42. The number of nitrogens with one attached hydrogen (secondary N) is 1. The molecule has 0 spiro atoms. The monoisotopic (exact) mass is 294 g/mol. The smallest absolute Gasteiger partial charge is 0.352 e. The molecule has 0 bridgehead atoms. The first-order chi connectivity index (χ1) is 9.40. The zero-order valence-electron chi connectivity index (χ0n) is 12.0. The maximum Gasteiger partial charge on any atom is 0.392 e. The Morgan fingerprint density at radius 2 is 2.00 bits per heavy atom.